The Kier molecular flexibility index (Phi) is 3.76. The van der Waals surface area contributed by atoms with Gasteiger partial charge < -0.3 is 0 Å². The summed E-state index contributed by atoms with van der Waals surface area (Å²) in [5, 5.41) is 9.58. The molecule has 96 valence electrons. The normalized spacial score (nSPS) is 27.1. The lowest BCUT2D eigenvalue weighted by atomic mass is 9.80. The fraction of sp³-hybridized carbons (Fsp3) is 0.588. The van der Waals surface area contributed by atoms with Crippen molar-refractivity contribution in [2.75, 3.05) is 0 Å². The molecule has 0 amide bonds. The maximum Gasteiger partial charge on any atom is 0.0693 e. The molecule has 0 saturated heterocycles. The predicted octanol–water partition coefficient (Wildman–Crippen LogP) is 4.57. The molecule has 0 bridgehead atoms. The Hall–Kier alpha value is -1.29. The molecule has 1 aromatic carbocycles. The van der Waals surface area contributed by atoms with Crippen LogP contribution in [0.3, 0.4) is 0 Å². The molecule has 0 N–H and O–H groups in total. The summed E-state index contributed by atoms with van der Waals surface area (Å²) in [5.74, 6) is 0.760. The largest absolute Gasteiger partial charge is 0.198 e. The van der Waals surface area contributed by atoms with Crippen molar-refractivity contribution in [3.63, 3.8) is 0 Å². The molecule has 0 radical (unpaired) electrons. The minimum absolute atomic E-state index is 0.0963. The Morgan fingerprint density at radius 3 is 2.44 bits per heavy atom. The van der Waals surface area contributed by atoms with Crippen LogP contribution in [0.2, 0.25) is 0 Å². The van der Waals surface area contributed by atoms with Crippen LogP contribution in [-0.2, 0) is 6.42 Å². The van der Waals surface area contributed by atoms with Crippen molar-refractivity contribution in [2.24, 2.45) is 11.3 Å². The van der Waals surface area contributed by atoms with Gasteiger partial charge in [0.25, 0.3) is 0 Å². The average molecular weight is 241 g/mol. The minimum atomic E-state index is -0.0963. The lowest BCUT2D eigenvalue weighted by Crippen LogP contribution is -2.18. The highest BCUT2D eigenvalue weighted by molar-refractivity contribution is 5.30. The van der Waals surface area contributed by atoms with E-state index in [9.17, 15) is 5.26 Å². The van der Waals surface area contributed by atoms with Gasteiger partial charge in [0, 0.05) is 0 Å². The van der Waals surface area contributed by atoms with Gasteiger partial charge in [0.2, 0.25) is 0 Å². The molecule has 0 spiro atoms. The van der Waals surface area contributed by atoms with Gasteiger partial charge in [-0.25, -0.2) is 0 Å². The summed E-state index contributed by atoms with van der Waals surface area (Å²) in [6.45, 7) is 6.52. The van der Waals surface area contributed by atoms with Crippen LogP contribution in [0.1, 0.15) is 49.3 Å². The standard InChI is InChI=1S/C17H23N/c1-4-15-5-6-17(10-15,12-18)11-16-8-13(2)7-14(3)9-16/h7-9,15H,4-6,10-11H2,1-3H3. The third-order valence-corrected chi connectivity index (χ3v) is 4.35. The summed E-state index contributed by atoms with van der Waals surface area (Å²) in [5.41, 5.74) is 3.86. The highest BCUT2D eigenvalue weighted by Crippen LogP contribution is 2.45. The monoisotopic (exact) mass is 241 g/mol. The summed E-state index contributed by atoms with van der Waals surface area (Å²) >= 11 is 0. The van der Waals surface area contributed by atoms with E-state index in [1.165, 1.54) is 29.5 Å². The van der Waals surface area contributed by atoms with Crippen molar-refractivity contribution in [1.29, 1.82) is 5.26 Å². The number of hydrogen-bond acceptors (Lipinski definition) is 1. The Bertz CT molecular complexity index is 449. The molecule has 1 aliphatic rings. The summed E-state index contributed by atoms with van der Waals surface area (Å²) in [7, 11) is 0. The van der Waals surface area contributed by atoms with E-state index in [-0.39, 0.29) is 5.41 Å². The summed E-state index contributed by atoms with van der Waals surface area (Å²) < 4.78 is 0. The minimum Gasteiger partial charge on any atom is -0.198 e. The zero-order valence-corrected chi connectivity index (χ0v) is 11.8. The topological polar surface area (TPSA) is 23.8 Å². The average Bonchev–Trinajstić information content (AvgIpc) is 2.72. The van der Waals surface area contributed by atoms with Crippen molar-refractivity contribution in [1.82, 2.24) is 0 Å². The second kappa shape index (κ2) is 5.14. The Balaban J connectivity index is 2.19. The lowest BCUT2D eigenvalue weighted by Gasteiger charge is -2.21. The van der Waals surface area contributed by atoms with Crippen LogP contribution in [-0.4, -0.2) is 0 Å². The van der Waals surface area contributed by atoms with E-state index in [0.717, 1.165) is 25.2 Å². The number of hydrogen-bond donors (Lipinski definition) is 0. The lowest BCUT2D eigenvalue weighted by molar-refractivity contribution is 0.380. The Morgan fingerprint density at radius 1 is 1.28 bits per heavy atom. The van der Waals surface area contributed by atoms with Gasteiger partial charge in [-0.1, -0.05) is 42.7 Å². The second-order valence-corrected chi connectivity index (χ2v) is 6.08. The van der Waals surface area contributed by atoms with Crippen molar-refractivity contribution < 1.29 is 0 Å². The molecule has 1 fully saturated rings. The van der Waals surface area contributed by atoms with Gasteiger partial charge in [-0.05, 0) is 51.0 Å². The van der Waals surface area contributed by atoms with E-state index in [4.69, 9.17) is 0 Å². The number of nitrogens with zero attached hydrogens (tertiary/aromatic N) is 1. The zero-order valence-electron chi connectivity index (χ0n) is 11.8. The van der Waals surface area contributed by atoms with Crippen LogP contribution in [0, 0.1) is 36.5 Å². The van der Waals surface area contributed by atoms with Crippen LogP contribution < -0.4 is 0 Å². The van der Waals surface area contributed by atoms with Gasteiger partial charge in [0.05, 0.1) is 11.5 Å². The molecule has 18 heavy (non-hydrogen) atoms. The fourth-order valence-electron chi connectivity index (χ4n) is 3.45. The highest BCUT2D eigenvalue weighted by atomic mass is 14.4. The predicted molar refractivity (Wildman–Crippen MR) is 75.3 cm³/mol. The molecule has 0 aliphatic heterocycles. The summed E-state index contributed by atoms with van der Waals surface area (Å²) in [6.07, 6.45) is 5.55. The van der Waals surface area contributed by atoms with Crippen LogP contribution in [0.15, 0.2) is 18.2 Å². The summed E-state index contributed by atoms with van der Waals surface area (Å²) in [6, 6.07) is 9.31. The van der Waals surface area contributed by atoms with E-state index in [2.05, 4.69) is 45.0 Å². The molecule has 1 heteroatoms. The molecule has 1 nitrogen and oxygen atoms in total. The third kappa shape index (κ3) is 2.75. The van der Waals surface area contributed by atoms with E-state index in [1.807, 2.05) is 0 Å². The van der Waals surface area contributed by atoms with Crippen molar-refractivity contribution >= 4 is 0 Å². The van der Waals surface area contributed by atoms with Crippen LogP contribution in [0.4, 0.5) is 0 Å². The Morgan fingerprint density at radius 2 is 1.94 bits per heavy atom. The molecule has 2 atom stereocenters. The van der Waals surface area contributed by atoms with E-state index in [0.29, 0.717) is 0 Å². The van der Waals surface area contributed by atoms with Gasteiger partial charge >= 0.3 is 0 Å². The molecular formula is C17H23N. The van der Waals surface area contributed by atoms with Gasteiger partial charge in [0.1, 0.15) is 0 Å². The zero-order chi connectivity index (χ0) is 13.2. The van der Waals surface area contributed by atoms with Gasteiger partial charge in [-0.3, -0.25) is 0 Å². The quantitative estimate of drug-likeness (QED) is 0.760. The van der Waals surface area contributed by atoms with E-state index in [1.54, 1.807) is 0 Å². The molecule has 2 rings (SSSR count). The second-order valence-electron chi connectivity index (χ2n) is 6.08. The van der Waals surface area contributed by atoms with Crippen molar-refractivity contribution in [2.45, 2.75) is 52.9 Å². The first-order chi connectivity index (χ1) is 8.57. The smallest absolute Gasteiger partial charge is 0.0693 e. The first kappa shape index (κ1) is 13.1. The van der Waals surface area contributed by atoms with E-state index < -0.39 is 0 Å². The number of rotatable bonds is 3. The number of nitriles is 1. The fourth-order valence-corrected chi connectivity index (χ4v) is 3.45. The number of benzene rings is 1. The maximum atomic E-state index is 9.58. The van der Waals surface area contributed by atoms with Gasteiger partial charge in [-0.2, -0.15) is 5.26 Å². The maximum absolute atomic E-state index is 9.58. The molecule has 1 aliphatic carbocycles. The number of aryl methyl sites for hydroxylation is 2. The first-order valence-corrected chi connectivity index (χ1v) is 7.05. The molecule has 2 unspecified atom stereocenters. The van der Waals surface area contributed by atoms with Crippen LogP contribution in [0.25, 0.3) is 0 Å². The molecule has 1 saturated carbocycles. The Labute approximate surface area is 111 Å². The summed E-state index contributed by atoms with van der Waals surface area (Å²) in [4.78, 5) is 0. The first-order valence-electron chi connectivity index (χ1n) is 7.05. The van der Waals surface area contributed by atoms with E-state index >= 15 is 0 Å². The van der Waals surface area contributed by atoms with Gasteiger partial charge in [-0.15, -0.1) is 0 Å². The van der Waals surface area contributed by atoms with Crippen LogP contribution in [0.5, 0.6) is 0 Å². The van der Waals surface area contributed by atoms with Gasteiger partial charge in [0.15, 0.2) is 0 Å². The third-order valence-electron chi connectivity index (χ3n) is 4.35. The van der Waals surface area contributed by atoms with Crippen molar-refractivity contribution in [3.05, 3.63) is 34.9 Å². The molecule has 0 aromatic heterocycles. The van der Waals surface area contributed by atoms with Crippen molar-refractivity contribution in [3.8, 4) is 6.07 Å². The highest BCUT2D eigenvalue weighted by Gasteiger charge is 2.38. The van der Waals surface area contributed by atoms with Crippen LogP contribution >= 0.6 is 0 Å². The molecule has 0 heterocycles. The SMILES string of the molecule is CCC1CCC(C#N)(Cc2cc(C)cc(C)c2)C1. The molecule has 1 aromatic rings. The molecular weight excluding hydrogens is 218 g/mol.